The number of pyridine rings is 1. The Labute approximate surface area is 129 Å². The van der Waals surface area contributed by atoms with Gasteiger partial charge in [0.15, 0.2) is 0 Å². The number of rotatable bonds is 2. The van der Waals surface area contributed by atoms with Crippen molar-refractivity contribution in [3.05, 3.63) is 39.5 Å². The predicted octanol–water partition coefficient (Wildman–Crippen LogP) is 0.836. The van der Waals surface area contributed by atoms with E-state index >= 15 is 0 Å². The van der Waals surface area contributed by atoms with Gasteiger partial charge in [-0.05, 0) is 28.1 Å². The summed E-state index contributed by atoms with van der Waals surface area (Å²) in [4.78, 5) is 27.0. The molecule has 2 aromatic heterocycles. The molecule has 0 unspecified atom stereocenters. The maximum atomic E-state index is 11.6. The third-order valence-corrected chi connectivity index (χ3v) is 4.17. The summed E-state index contributed by atoms with van der Waals surface area (Å²) in [5, 5.41) is 0. The first-order valence-corrected chi connectivity index (χ1v) is 7.39. The Balaban J connectivity index is 1.71. The molecule has 110 valence electrons. The van der Waals surface area contributed by atoms with Crippen LogP contribution in [0.3, 0.4) is 0 Å². The summed E-state index contributed by atoms with van der Waals surface area (Å²) in [6, 6.07) is 3.77. The van der Waals surface area contributed by atoms with Gasteiger partial charge in [0, 0.05) is 26.2 Å². The Morgan fingerprint density at radius 3 is 2.52 bits per heavy atom. The van der Waals surface area contributed by atoms with Crippen molar-refractivity contribution in [3.63, 3.8) is 0 Å². The van der Waals surface area contributed by atoms with Gasteiger partial charge in [0.1, 0.15) is 16.1 Å². The van der Waals surface area contributed by atoms with Gasteiger partial charge in [-0.2, -0.15) is 0 Å². The number of anilines is 3. The average Bonchev–Trinajstić information content (AvgIpc) is 2.51. The first-order chi connectivity index (χ1) is 10.1. The molecule has 3 rings (SSSR count). The van der Waals surface area contributed by atoms with Gasteiger partial charge in [0.2, 0.25) is 0 Å². The van der Waals surface area contributed by atoms with E-state index in [0.717, 1.165) is 32.0 Å². The minimum absolute atomic E-state index is 0.164. The fourth-order valence-electron chi connectivity index (χ4n) is 2.33. The highest BCUT2D eigenvalue weighted by Crippen LogP contribution is 2.22. The second-order valence-corrected chi connectivity index (χ2v) is 5.59. The lowest BCUT2D eigenvalue weighted by Gasteiger charge is -2.36. The van der Waals surface area contributed by atoms with E-state index < -0.39 is 0 Å². The fourth-order valence-corrected chi connectivity index (χ4v) is 2.79. The van der Waals surface area contributed by atoms with Gasteiger partial charge in [-0.3, -0.25) is 4.79 Å². The Kier molecular flexibility index (Phi) is 3.78. The molecular formula is C13H15BrN6O. The van der Waals surface area contributed by atoms with Crippen molar-refractivity contribution in [3.8, 4) is 0 Å². The van der Waals surface area contributed by atoms with Crippen LogP contribution < -0.4 is 21.1 Å². The van der Waals surface area contributed by atoms with Gasteiger partial charge >= 0.3 is 0 Å². The highest BCUT2D eigenvalue weighted by molar-refractivity contribution is 9.10. The number of hydrogen-bond donors (Lipinski definition) is 2. The van der Waals surface area contributed by atoms with Crippen LogP contribution in [0.15, 0.2) is 33.9 Å². The first kappa shape index (κ1) is 13.9. The minimum atomic E-state index is -0.164. The Morgan fingerprint density at radius 1 is 1.14 bits per heavy atom. The molecule has 0 amide bonds. The van der Waals surface area contributed by atoms with E-state index in [4.69, 9.17) is 5.73 Å². The van der Waals surface area contributed by atoms with Crippen LogP contribution >= 0.6 is 15.9 Å². The molecule has 0 bridgehead atoms. The summed E-state index contributed by atoms with van der Waals surface area (Å²) in [5.74, 6) is 1.60. The van der Waals surface area contributed by atoms with Crippen LogP contribution in [0.4, 0.5) is 17.3 Å². The Bertz CT molecular complexity index is 678. The summed E-state index contributed by atoms with van der Waals surface area (Å²) in [7, 11) is 0. The molecule has 3 N–H and O–H groups in total. The summed E-state index contributed by atoms with van der Waals surface area (Å²) in [5.41, 5.74) is 6.15. The van der Waals surface area contributed by atoms with Crippen molar-refractivity contribution >= 4 is 33.3 Å². The second kappa shape index (κ2) is 5.72. The zero-order valence-corrected chi connectivity index (χ0v) is 12.9. The van der Waals surface area contributed by atoms with Crippen LogP contribution in [-0.4, -0.2) is 41.1 Å². The third kappa shape index (κ3) is 2.85. The molecule has 0 atom stereocenters. The number of nitrogen functional groups attached to an aromatic ring is 1. The molecule has 2 aromatic rings. The number of nitrogens with one attached hydrogen (secondary N) is 1. The first-order valence-electron chi connectivity index (χ1n) is 6.60. The van der Waals surface area contributed by atoms with Gasteiger partial charge in [-0.15, -0.1) is 0 Å². The van der Waals surface area contributed by atoms with Crippen molar-refractivity contribution in [2.45, 2.75) is 0 Å². The van der Waals surface area contributed by atoms with E-state index in [1.54, 1.807) is 6.20 Å². The van der Waals surface area contributed by atoms with Crippen LogP contribution in [0, 0.1) is 0 Å². The number of piperazine rings is 1. The number of H-pyrrole nitrogens is 1. The van der Waals surface area contributed by atoms with Crippen molar-refractivity contribution in [1.82, 2.24) is 15.0 Å². The van der Waals surface area contributed by atoms with Gasteiger partial charge in [0.05, 0.1) is 18.2 Å². The van der Waals surface area contributed by atoms with E-state index in [2.05, 4.69) is 40.7 Å². The minimum Gasteiger partial charge on any atom is -0.397 e. The second-order valence-electron chi connectivity index (χ2n) is 4.79. The summed E-state index contributed by atoms with van der Waals surface area (Å²) in [6.45, 7) is 3.19. The number of aromatic nitrogens is 3. The molecule has 1 saturated heterocycles. The quantitative estimate of drug-likeness (QED) is 0.833. The number of nitrogens with zero attached hydrogens (tertiary/aromatic N) is 4. The van der Waals surface area contributed by atoms with Gasteiger partial charge in [-0.25, -0.2) is 9.97 Å². The summed E-state index contributed by atoms with van der Waals surface area (Å²) < 4.78 is 0.476. The van der Waals surface area contributed by atoms with Crippen LogP contribution in [0.25, 0.3) is 0 Å². The van der Waals surface area contributed by atoms with Crippen molar-refractivity contribution < 1.29 is 0 Å². The van der Waals surface area contributed by atoms with E-state index in [9.17, 15) is 4.79 Å². The van der Waals surface area contributed by atoms with Crippen LogP contribution in [0.2, 0.25) is 0 Å². The highest BCUT2D eigenvalue weighted by atomic mass is 79.9. The topological polar surface area (TPSA) is 91.1 Å². The lowest BCUT2D eigenvalue weighted by atomic mass is 10.3. The molecule has 3 heterocycles. The molecule has 1 aliphatic heterocycles. The monoisotopic (exact) mass is 350 g/mol. The molecule has 0 aromatic carbocycles. The van der Waals surface area contributed by atoms with E-state index in [-0.39, 0.29) is 5.56 Å². The van der Waals surface area contributed by atoms with Crippen molar-refractivity contribution in [1.29, 1.82) is 0 Å². The van der Waals surface area contributed by atoms with E-state index in [0.29, 0.717) is 16.0 Å². The normalized spacial score (nSPS) is 15.3. The molecule has 21 heavy (non-hydrogen) atoms. The maximum absolute atomic E-state index is 11.6. The molecule has 0 aliphatic carbocycles. The third-order valence-electron chi connectivity index (χ3n) is 3.45. The smallest absolute Gasteiger partial charge is 0.267 e. The molecular weight excluding hydrogens is 336 g/mol. The standard InChI is InChI=1S/C13H15BrN6O/c14-11-12(17-8-18-13(11)21)20-5-3-19(4-6-20)10-2-1-9(15)7-16-10/h1-2,7-8H,3-6,15H2,(H,17,18,21). The Morgan fingerprint density at radius 2 is 1.86 bits per heavy atom. The van der Waals surface area contributed by atoms with Gasteiger partial charge in [0.25, 0.3) is 5.56 Å². The molecule has 8 heteroatoms. The van der Waals surface area contributed by atoms with Crippen LogP contribution in [0.1, 0.15) is 0 Å². The number of nitrogens with two attached hydrogens (primary N) is 1. The lowest BCUT2D eigenvalue weighted by molar-refractivity contribution is 0.639. The molecule has 0 spiro atoms. The van der Waals surface area contributed by atoms with E-state index in [1.165, 1.54) is 6.33 Å². The molecule has 7 nitrogen and oxygen atoms in total. The average molecular weight is 351 g/mol. The maximum Gasteiger partial charge on any atom is 0.267 e. The van der Waals surface area contributed by atoms with Crippen LogP contribution in [0.5, 0.6) is 0 Å². The highest BCUT2D eigenvalue weighted by Gasteiger charge is 2.21. The van der Waals surface area contributed by atoms with Crippen molar-refractivity contribution in [2.75, 3.05) is 41.7 Å². The lowest BCUT2D eigenvalue weighted by Crippen LogP contribution is -2.47. The number of halogens is 1. The zero-order chi connectivity index (χ0) is 14.8. The SMILES string of the molecule is Nc1ccc(N2CCN(c3nc[nH]c(=O)c3Br)CC2)nc1. The fraction of sp³-hybridized carbons (Fsp3) is 0.308. The van der Waals surface area contributed by atoms with Crippen LogP contribution in [-0.2, 0) is 0 Å². The van der Waals surface area contributed by atoms with Gasteiger partial charge < -0.3 is 20.5 Å². The predicted molar refractivity (Wildman–Crippen MR) is 85.6 cm³/mol. The van der Waals surface area contributed by atoms with E-state index in [1.807, 2.05) is 12.1 Å². The largest absolute Gasteiger partial charge is 0.397 e. The molecule has 1 fully saturated rings. The molecule has 0 radical (unpaired) electrons. The summed E-state index contributed by atoms with van der Waals surface area (Å²) in [6.07, 6.45) is 3.09. The van der Waals surface area contributed by atoms with Crippen molar-refractivity contribution in [2.24, 2.45) is 0 Å². The Hall–Kier alpha value is -2.09. The molecule has 1 aliphatic rings. The molecule has 0 saturated carbocycles. The summed E-state index contributed by atoms with van der Waals surface area (Å²) >= 11 is 3.30. The zero-order valence-electron chi connectivity index (χ0n) is 11.3. The number of aromatic amines is 1. The number of hydrogen-bond acceptors (Lipinski definition) is 6. The van der Waals surface area contributed by atoms with Gasteiger partial charge in [-0.1, -0.05) is 0 Å².